The van der Waals surface area contributed by atoms with Gasteiger partial charge in [-0.05, 0) is 42.2 Å². The van der Waals surface area contributed by atoms with Crippen molar-refractivity contribution in [1.82, 2.24) is 30.2 Å². The maximum absolute atomic E-state index is 13.5. The van der Waals surface area contributed by atoms with Crippen molar-refractivity contribution in [3.05, 3.63) is 59.9 Å². The maximum atomic E-state index is 13.5. The van der Waals surface area contributed by atoms with Crippen LogP contribution in [0.3, 0.4) is 0 Å². The molecule has 2 aromatic heterocycles. The van der Waals surface area contributed by atoms with Crippen molar-refractivity contribution in [3.8, 4) is 17.2 Å². The number of ether oxygens (including phenoxy) is 3. The van der Waals surface area contributed by atoms with E-state index in [1.165, 1.54) is 4.90 Å². The molecule has 44 heavy (non-hydrogen) atoms. The zero-order chi connectivity index (χ0) is 30.8. The molecule has 2 aliphatic rings. The molecular formula is C31H36N8O5. The van der Waals surface area contributed by atoms with Gasteiger partial charge in [-0.3, -0.25) is 9.59 Å². The fourth-order valence-corrected chi connectivity index (χ4v) is 5.40. The lowest BCUT2D eigenvalue weighted by Gasteiger charge is -2.39. The van der Waals surface area contributed by atoms with Crippen molar-refractivity contribution < 1.29 is 23.8 Å². The molecule has 0 radical (unpaired) electrons. The van der Waals surface area contributed by atoms with E-state index in [1.54, 1.807) is 31.6 Å². The lowest BCUT2D eigenvalue weighted by atomic mass is 10.0. The highest BCUT2D eigenvalue weighted by atomic mass is 16.5. The van der Waals surface area contributed by atoms with Crippen LogP contribution in [0.4, 0.5) is 11.8 Å². The first-order chi connectivity index (χ1) is 21.2. The van der Waals surface area contributed by atoms with Crippen molar-refractivity contribution in [3.63, 3.8) is 0 Å². The van der Waals surface area contributed by atoms with E-state index >= 15 is 0 Å². The first-order valence-electron chi connectivity index (χ1n) is 14.6. The van der Waals surface area contributed by atoms with Gasteiger partial charge in [0.15, 0.2) is 11.5 Å². The minimum atomic E-state index is -0.395. The maximum Gasteiger partial charge on any atom is 0.254 e. The Morgan fingerprint density at radius 3 is 2.84 bits per heavy atom. The standard InChI is InChI=1S/C31H36N8O5/c1-18(2)15-42-22-10-20-11-23(12-22)44-21-6-4-5-19(9-21)16-43-25-13-39(29-27-28(34-17-33-27)36-31(32)37-29)8-7-24(25)35-26(40)14-38(3)30(20)41/h4-6,9-12,17-18,24-25H,7-8,13-16H2,1-3H3,(H,35,40)(H3,32,33,34,36,37)/t24-,25-/m0/s1. The number of carbonyl (C=O) groups is 2. The number of aromatic nitrogens is 4. The molecule has 1 saturated heterocycles. The lowest BCUT2D eigenvalue weighted by molar-refractivity contribution is -0.123. The number of nitrogens with zero attached hydrogens (tertiary/aromatic N) is 5. The summed E-state index contributed by atoms with van der Waals surface area (Å²) in [5, 5.41) is 3.11. The molecule has 1 fully saturated rings. The average molecular weight is 601 g/mol. The number of fused-ring (bicyclic) bond motifs is 6. The molecule has 2 amide bonds. The van der Waals surface area contributed by atoms with E-state index in [0.29, 0.717) is 71.8 Å². The number of aromatic amines is 1. The molecule has 13 heteroatoms. The number of likely N-dealkylation sites (N-methyl/N-ethyl adjacent to an activating group) is 1. The largest absolute Gasteiger partial charge is 0.493 e. The molecule has 0 saturated carbocycles. The minimum Gasteiger partial charge on any atom is -0.493 e. The van der Waals surface area contributed by atoms with Gasteiger partial charge < -0.3 is 40.0 Å². The smallest absolute Gasteiger partial charge is 0.254 e. The van der Waals surface area contributed by atoms with Crippen LogP contribution in [0, 0.1) is 5.92 Å². The van der Waals surface area contributed by atoms with Crippen molar-refractivity contribution in [2.45, 2.75) is 39.0 Å². The summed E-state index contributed by atoms with van der Waals surface area (Å²) in [5.41, 5.74) is 8.40. The van der Waals surface area contributed by atoms with Gasteiger partial charge in [-0.2, -0.15) is 9.97 Å². The number of H-pyrrole nitrogens is 1. The first-order valence-corrected chi connectivity index (χ1v) is 14.6. The lowest BCUT2D eigenvalue weighted by Crippen LogP contribution is -2.56. The third-order valence-corrected chi connectivity index (χ3v) is 7.52. The molecule has 4 aromatic rings. The van der Waals surface area contributed by atoms with Gasteiger partial charge in [0.2, 0.25) is 11.9 Å². The number of amides is 2. The third-order valence-electron chi connectivity index (χ3n) is 7.52. The second-order valence-corrected chi connectivity index (χ2v) is 11.6. The molecule has 230 valence electrons. The van der Waals surface area contributed by atoms with Crippen LogP contribution >= 0.6 is 0 Å². The molecule has 0 aliphatic carbocycles. The van der Waals surface area contributed by atoms with E-state index in [4.69, 9.17) is 19.9 Å². The number of benzene rings is 2. The monoisotopic (exact) mass is 600 g/mol. The molecule has 4 bridgehead atoms. The van der Waals surface area contributed by atoms with E-state index < -0.39 is 6.10 Å². The molecule has 13 nitrogen and oxygen atoms in total. The summed E-state index contributed by atoms with van der Waals surface area (Å²) in [6, 6.07) is 12.4. The number of hydrogen-bond donors (Lipinski definition) is 3. The van der Waals surface area contributed by atoms with Crippen LogP contribution in [-0.4, -0.2) is 82.1 Å². The second kappa shape index (κ2) is 12.4. The van der Waals surface area contributed by atoms with Gasteiger partial charge in [0.1, 0.15) is 22.8 Å². The SMILES string of the molecule is CC(C)COc1cc2cc(c1)C(=O)N(C)CC(=O)N[C@H]1CCN(c3nc(N)nc4nc[nH]c34)C[C@@H]1OCc1cccc(c1)O2. The Balaban J connectivity index is 1.30. The van der Waals surface area contributed by atoms with Crippen LogP contribution in [0.15, 0.2) is 48.8 Å². The van der Waals surface area contributed by atoms with Gasteiger partial charge in [0.25, 0.3) is 5.91 Å². The molecule has 4 heterocycles. The number of nitrogens with two attached hydrogens (primary N) is 1. The van der Waals surface area contributed by atoms with Gasteiger partial charge in [-0.15, -0.1) is 0 Å². The molecule has 0 spiro atoms. The zero-order valence-corrected chi connectivity index (χ0v) is 24.9. The van der Waals surface area contributed by atoms with Crippen LogP contribution in [0.25, 0.3) is 11.2 Å². The van der Waals surface area contributed by atoms with Crippen LogP contribution in [-0.2, 0) is 16.1 Å². The summed E-state index contributed by atoms with van der Waals surface area (Å²) in [5.74, 6) is 2.01. The fourth-order valence-electron chi connectivity index (χ4n) is 5.40. The van der Waals surface area contributed by atoms with E-state index in [1.807, 2.05) is 24.3 Å². The highest BCUT2D eigenvalue weighted by Gasteiger charge is 2.33. The Bertz CT molecular complexity index is 1670. The summed E-state index contributed by atoms with van der Waals surface area (Å²) in [4.78, 5) is 46.2. The summed E-state index contributed by atoms with van der Waals surface area (Å²) < 4.78 is 18.6. The number of piperidine rings is 1. The van der Waals surface area contributed by atoms with Crippen molar-refractivity contribution in [2.75, 3.05) is 43.9 Å². The quantitative estimate of drug-likeness (QED) is 0.317. The van der Waals surface area contributed by atoms with Crippen LogP contribution in [0.5, 0.6) is 17.2 Å². The number of hydrogen-bond acceptors (Lipinski definition) is 10. The van der Waals surface area contributed by atoms with E-state index in [0.717, 1.165) is 5.56 Å². The predicted molar refractivity (Wildman–Crippen MR) is 164 cm³/mol. The number of rotatable bonds is 4. The summed E-state index contributed by atoms with van der Waals surface area (Å²) in [7, 11) is 1.60. The molecule has 2 atom stereocenters. The molecule has 2 aliphatic heterocycles. The van der Waals surface area contributed by atoms with Crippen molar-refractivity contribution in [2.24, 2.45) is 5.92 Å². The van der Waals surface area contributed by atoms with E-state index in [-0.39, 0.29) is 37.0 Å². The summed E-state index contributed by atoms with van der Waals surface area (Å²) >= 11 is 0. The van der Waals surface area contributed by atoms with Crippen LogP contribution < -0.4 is 25.4 Å². The van der Waals surface area contributed by atoms with E-state index in [9.17, 15) is 9.59 Å². The normalized spacial score (nSPS) is 19.5. The average Bonchev–Trinajstić information content (AvgIpc) is 3.47. The predicted octanol–water partition coefficient (Wildman–Crippen LogP) is 3.13. The second-order valence-electron chi connectivity index (χ2n) is 11.6. The van der Waals surface area contributed by atoms with Gasteiger partial charge in [-0.25, -0.2) is 4.98 Å². The highest BCUT2D eigenvalue weighted by molar-refractivity contribution is 5.97. The number of anilines is 2. The Morgan fingerprint density at radius 2 is 2.00 bits per heavy atom. The molecular weight excluding hydrogens is 564 g/mol. The summed E-state index contributed by atoms with van der Waals surface area (Å²) in [6.07, 6.45) is 1.74. The van der Waals surface area contributed by atoms with Gasteiger partial charge in [0, 0.05) is 31.8 Å². The van der Waals surface area contributed by atoms with Crippen LogP contribution in [0.1, 0.15) is 36.2 Å². The number of nitrogens with one attached hydrogen (secondary N) is 2. The Morgan fingerprint density at radius 1 is 1.14 bits per heavy atom. The Hall–Kier alpha value is -4.91. The van der Waals surface area contributed by atoms with Crippen molar-refractivity contribution >= 4 is 34.7 Å². The molecule has 6 rings (SSSR count). The number of carbonyl (C=O) groups excluding carboxylic acids is 2. The third kappa shape index (κ3) is 6.52. The zero-order valence-electron chi connectivity index (χ0n) is 24.9. The number of imidazole rings is 1. The van der Waals surface area contributed by atoms with Gasteiger partial charge in [0.05, 0.1) is 38.2 Å². The summed E-state index contributed by atoms with van der Waals surface area (Å²) in [6.45, 7) is 5.76. The molecule has 2 aromatic carbocycles. The number of nitrogen functional groups attached to an aromatic ring is 1. The topological polar surface area (TPSA) is 161 Å². The van der Waals surface area contributed by atoms with Gasteiger partial charge in [-0.1, -0.05) is 26.0 Å². The van der Waals surface area contributed by atoms with E-state index in [2.05, 4.69) is 44.0 Å². The Labute approximate surface area is 254 Å². The molecule has 4 N–H and O–H groups in total. The van der Waals surface area contributed by atoms with Gasteiger partial charge >= 0.3 is 0 Å². The highest BCUT2D eigenvalue weighted by Crippen LogP contribution is 2.30. The van der Waals surface area contributed by atoms with Crippen molar-refractivity contribution in [1.29, 1.82) is 0 Å². The fraction of sp³-hybridized carbons (Fsp3) is 0.387. The molecule has 0 unspecified atom stereocenters. The Kier molecular flexibility index (Phi) is 8.20. The van der Waals surface area contributed by atoms with Crippen LogP contribution in [0.2, 0.25) is 0 Å². The first kappa shape index (κ1) is 29.2. The minimum absolute atomic E-state index is 0.127.